The topological polar surface area (TPSA) is 80.3 Å². The van der Waals surface area contributed by atoms with E-state index in [0.717, 1.165) is 24.6 Å². The molecule has 0 aromatic heterocycles. The number of hydrogen-bond acceptors (Lipinski definition) is 5. The SMILES string of the molecule is COc1ccccc1OCCN(CCC(N)=NO)C(C)C. The van der Waals surface area contributed by atoms with E-state index >= 15 is 0 Å². The predicted octanol–water partition coefficient (Wildman–Crippen LogP) is 1.92. The van der Waals surface area contributed by atoms with Gasteiger partial charge in [-0.3, -0.25) is 4.90 Å². The first-order valence-electron chi connectivity index (χ1n) is 7.04. The summed E-state index contributed by atoms with van der Waals surface area (Å²) < 4.78 is 11.0. The van der Waals surface area contributed by atoms with E-state index in [-0.39, 0.29) is 5.84 Å². The molecule has 0 aliphatic carbocycles. The van der Waals surface area contributed by atoms with Crippen molar-refractivity contribution in [3.05, 3.63) is 24.3 Å². The van der Waals surface area contributed by atoms with Gasteiger partial charge in [-0.15, -0.1) is 0 Å². The van der Waals surface area contributed by atoms with E-state index in [1.54, 1.807) is 7.11 Å². The van der Waals surface area contributed by atoms with Crippen LogP contribution in [0.4, 0.5) is 0 Å². The van der Waals surface area contributed by atoms with Crippen LogP contribution < -0.4 is 15.2 Å². The van der Waals surface area contributed by atoms with Gasteiger partial charge < -0.3 is 20.4 Å². The summed E-state index contributed by atoms with van der Waals surface area (Å²) in [5.74, 6) is 1.71. The maximum Gasteiger partial charge on any atom is 0.161 e. The summed E-state index contributed by atoms with van der Waals surface area (Å²) in [5.41, 5.74) is 5.50. The van der Waals surface area contributed by atoms with Gasteiger partial charge in [0, 0.05) is 25.6 Å². The van der Waals surface area contributed by atoms with E-state index < -0.39 is 0 Å². The molecular weight excluding hydrogens is 270 g/mol. The lowest BCUT2D eigenvalue weighted by molar-refractivity contribution is 0.176. The van der Waals surface area contributed by atoms with Crippen LogP contribution in [-0.4, -0.2) is 48.8 Å². The monoisotopic (exact) mass is 295 g/mol. The molecule has 6 heteroatoms. The summed E-state index contributed by atoms with van der Waals surface area (Å²) in [7, 11) is 1.62. The first-order valence-corrected chi connectivity index (χ1v) is 7.04. The number of amidine groups is 1. The lowest BCUT2D eigenvalue weighted by atomic mass is 10.2. The average Bonchev–Trinajstić information content (AvgIpc) is 2.50. The average molecular weight is 295 g/mol. The van der Waals surface area contributed by atoms with Crippen molar-refractivity contribution in [3.63, 3.8) is 0 Å². The fourth-order valence-corrected chi connectivity index (χ4v) is 1.95. The minimum atomic E-state index is 0.242. The highest BCUT2D eigenvalue weighted by Gasteiger charge is 2.11. The summed E-state index contributed by atoms with van der Waals surface area (Å²) in [6, 6.07) is 7.93. The van der Waals surface area contributed by atoms with Gasteiger partial charge >= 0.3 is 0 Å². The number of para-hydroxylation sites is 2. The minimum absolute atomic E-state index is 0.242. The second-order valence-electron chi connectivity index (χ2n) is 4.97. The van der Waals surface area contributed by atoms with Crippen molar-refractivity contribution in [3.8, 4) is 11.5 Å². The quantitative estimate of drug-likeness (QED) is 0.315. The third-order valence-electron chi connectivity index (χ3n) is 3.22. The number of hydrogen-bond donors (Lipinski definition) is 2. The highest BCUT2D eigenvalue weighted by Crippen LogP contribution is 2.25. The van der Waals surface area contributed by atoms with E-state index in [9.17, 15) is 0 Å². The van der Waals surface area contributed by atoms with Gasteiger partial charge in [-0.1, -0.05) is 17.3 Å². The third kappa shape index (κ3) is 5.91. The van der Waals surface area contributed by atoms with Crippen LogP contribution in [0.5, 0.6) is 11.5 Å². The zero-order valence-electron chi connectivity index (χ0n) is 13.0. The van der Waals surface area contributed by atoms with E-state index in [2.05, 4.69) is 23.9 Å². The Morgan fingerprint density at radius 1 is 1.29 bits per heavy atom. The van der Waals surface area contributed by atoms with Crippen LogP contribution in [0.15, 0.2) is 29.4 Å². The summed E-state index contributed by atoms with van der Waals surface area (Å²) in [5, 5.41) is 11.6. The molecule has 1 aromatic rings. The molecule has 0 unspecified atom stereocenters. The number of methoxy groups -OCH3 is 1. The van der Waals surface area contributed by atoms with Crippen LogP contribution in [0.1, 0.15) is 20.3 Å². The van der Waals surface area contributed by atoms with Gasteiger partial charge in [-0.2, -0.15) is 0 Å². The molecule has 0 aliphatic heterocycles. The van der Waals surface area contributed by atoms with Crippen molar-refractivity contribution in [2.75, 3.05) is 26.8 Å². The van der Waals surface area contributed by atoms with E-state index in [1.165, 1.54) is 0 Å². The molecule has 0 fully saturated rings. The smallest absolute Gasteiger partial charge is 0.161 e. The second kappa shape index (κ2) is 9.07. The van der Waals surface area contributed by atoms with Gasteiger partial charge in [0.2, 0.25) is 0 Å². The Morgan fingerprint density at radius 2 is 1.95 bits per heavy atom. The Morgan fingerprint density at radius 3 is 2.52 bits per heavy atom. The Bertz CT molecular complexity index is 450. The maximum atomic E-state index is 8.57. The molecule has 0 amide bonds. The molecular formula is C15H25N3O3. The minimum Gasteiger partial charge on any atom is -0.493 e. The molecule has 3 N–H and O–H groups in total. The van der Waals surface area contributed by atoms with Crippen molar-refractivity contribution >= 4 is 5.84 Å². The van der Waals surface area contributed by atoms with Crippen molar-refractivity contribution in [1.82, 2.24) is 4.90 Å². The van der Waals surface area contributed by atoms with Crippen LogP contribution in [0, 0.1) is 0 Å². The fraction of sp³-hybridized carbons (Fsp3) is 0.533. The second-order valence-corrected chi connectivity index (χ2v) is 4.97. The first kappa shape index (κ1) is 17.1. The molecule has 6 nitrogen and oxygen atoms in total. The lowest BCUT2D eigenvalue weighted by Crippen LogP contribution is -2.37. The van der Waals surface area contributed by atoms with Crippen LogP contribution in [0.2, 0.25) is 0 Å². The molecule has 0 atom stereocenters. The highest BCUT2D eigenvalue weighted by atomic mass is 16.5. The number of benzene rings is 1. The summed E-state index contributed by atoms with van der Waals surface area (Å²) in [6.45, 7) is 6.25. The maximum absolute atomic E-state index is 8.57. The van der Waals surface area contributed by atoms with Crippen LogP contribution >= 0.6 is 0 Å². The summed E-state index contributed by atoms with van der Waals surface area (Å²) >= 11 is 0. The van der Waals surface area contributed by atoms with Crippen molar-refractivity contribution < 1.29 is 14.7 Å². The first-order chi connectivity index (χ1) is 10.1. The molecule has 1 rings (SSSR count). The van der Waals surface area contributed by atoms with Crippen LogP contribution in [0.25, 0.3) is 0 Å². The van der Waals surface area contributed by atoms with Crippen LogP contribution in [0.3, 0.4) is 0 Å². The Kier molecular flexibility index (Phi) is 7.39. The van der Waals surface area contributed by atoms with Gasteiger partial charge in [0.1, 0.15) is 12.4 Å². The molecule has 118 valence electrons. The lowest BCUT2D eigenvalue weighted by Gasteiger charge is -2.26. The van der Waals surface area contributed by atoms with Crippen molar-refractivity contribution in [2.45, 2.75) is 26.3 Å². The number of nitrogens with zero attached hydrogens (tertiary/aromatic N) is 2. The zero-order valence-corrected chi connectivity index (χ0v) is 13.0. The number of oxime groups is 1. The van der Waals surface area contributed by atoms with Gasteiger partial charge in [-0.05, 0) is 26.0 Å². The normalized spacial score (nSPS) is 12.0. The Hall–Kier alpha value is -1.95. The molecule has 1 aromatic carbocycles. The van der Waals surface area contributed by atoms with Gasteiger partial charge in [-0.25, -0.2) is 0 Å². The van der Waals surface area contributed by atoms with E-state index in [1.807, 2.05) is 24.3 Å². The van der Waals surface area contributed by atoms with E-state index in [4.69, 9.17) is 20.4 Å². The third-order valence-corrected chi connectivity index (χ3v) is 3.22. The van der Waals surface area contributed by atoms with Gasteiger partial charge in [0.15, 0.2) is 11.5 Å². The molecule has 0 saturated carbocycles. The Labute approximate surface area is 126 Å². The van der Waals surface area contributed by atoms with Crippen LogP contribution in [-0.2, 0) is 0 Å². The summed E-state index contributed by atoms with van der Waals surface area (Å²) in [6.07, 6.45) is 0.531. The van der Waals surface area contributed by atoms with Crippen molar-refractivity contribution in [1.29, 1.82) is 0 Å². The molecule has 0 bridgehead atoms. The molecule has 0 heterocycles. The van der Waals surface area contributed by atoms with Gasteiger partial charge in [0.25, 0.3) is 0 Å². The predicted molar refractivity (Wildman–Crippen MR) is 83.2 cm³/mol. The molecule has 0 radical (unpaired) electrons. The van der Waals surface area contributed by atoms with Crippen molar-refractivity contribution in [2.24, 2.45) is 10.9 Å². The standard InChI is InChI=1S/C15H25N3O3/c1-12(2)18(9-8-15(16)17-19)10-11-21-14-7-5-4-6-13(14)20-3/h4-7,12,19H,8-11H2,1-3H3,(H2,16,17). The molecule has 21 heavy (non-hydrogen) atoms. The highest BCUT2D eigenvalue weighted by molar-refractivity contribution is 5.79. The van der Waals surface area contributed by atoms with E-state index in [0.29, 0.717) is 19.1 Å². The fourth-order valence-electron chi connectivity index (χ4n) is 1.95. The van der Waals surface area contributed by atoms with Gasteiger partial charge in [0.05, 0.1) is 7.11 Å². The molecule has 0 aliphatic rings. The molecule has 0 saturated heterocycles. The number of ether oxygens (including phenoxy) is 2. The molecule has 0 spiro atoms. The number of rotatable bonds is 9. The zero-order chi connectivity index (χ0) is 15.7. The summed E-state index contributed by atoms with van der Waals surface area (Å²) in [4.78, 5) is 2.22. The Balaban J connectivity index is 2.46. The number of nitrogens with two attached hydrogens (primary N) is 1. The largest absolute Gasteiger partial charge is 0.493 e.